The summed E-state index contributed by atoms with van der Waals surface area (Å²) in [7, 11) is 1.34. The van der Waals surface area contributed by atoms with E-state index < -0.39 is 5.97 Å². The maximum atomic E-state index is 12.4. The average Bonchev–Trinajstić information content (AvgIpc) is 3.21. The van der Waals surface area contributed by atoms with Crippen molar-refractivity contribution in [2.24, 2.45) is 11.3 Å². The van der Waals surface area contributed by atoms with Crippen LogP contribution in [0, 0.1) is 11.3 Å². The van der Waals surface area contributed by atoms with Crippen molar-refractivity contribution in [1.82, 2.24) is 5.32 Å². The van der Waals surface area contributed by atoms with Gasteiger partial charge >= 0.3 is 5.97 Å². The van der Waals surface area contributed by atoms with E-state index in [0.717, 1.165) is 32.4 Å². The Balaban J connectivity index is 1.70. The van der Waals surface area contributed by atoms with Gasteiger partial charge in [0.15, 0.2) is 0 Å². The normalized spacial score (nSPS) is 22.6. The molecule has 1 saturated carbocycles. The number of ether oxygens (including phenoxy) is 1. The van der Waals surface area contributed by atoms with Crippen molar-refractivity contribution in [2.75, 3.05) is 25.5 Å². The third-order valence-electron chi connectivity index (χ3n) is 4.70. The number of rotatable bonds is 3. The molecule has 2 fully saturated rings. The van der Waals surface area contributed by atoms with Crippen molar-refractivity contribution in [2.45, 2.75) is 19.3 Å². The van der Waals surface area contributed by atoms with E-state index in [1.807, 2.05) is 0 Å². The van der Waals surface area contributed by atoms with Crippen molar-refractivity contribution in [3.05, 3.63) is 29.8 Å². The predicted octanol–water partition coefficient (Wildman–Crippen LogP) is 1.80. The molecule has 1 atom stereocenters. The summed E-state index contributed by atoms with van der Waals surface area (Å²) in [6.07, 6.45) is 3.08. The molecule has 1 saturated heterocycles. The summed E-state index contributed by atoms with van der Waals surface area (Å²) in [6.45, 7) is 1.98. The molecule has 2 N–H and O–H groups in total. The van der Waals surface area contributed by atoms with E-state index in [1.54, 1.807) is 24.3 Å². The maximum absolute atomic E-state index is 12.4. The Morgan fingerprint density at radius 3 is 2.71 bits per heavy atom. The Morgan fingerprint density at radius 2 is 2.00 bits per heavy atom. The largest absolute Gasteiger partial charge is 0.465 e. The van der Waals surface area contributed by atoms with Gasteiger partial charge in [0.1, 0.15) is 0 Å². The van der Waals surface area contributed by atoms with Crippen LogP contribution in [0.2, 0.25) is 0 Å². The summed E-state index contributed by atoms with van der Waals surface area (Å²) in [5, 5.41) is 6.23. The van der Waals surface area contributed by atoms with Gasteiger partial charge in [-0.3, -0.25) is 4.79 Å². The molecule has 1 amide bonds. The van der Waals surface area contributed by atoms with Crippen molar-refractivity contribution in [1.29, 1.82) is 0 Å². The van der Waals surface area contributed by atoms with Gasteiger partial charge in [0.05, 0.1) is 18.4 Å². The lowest BCUT2D eigenvalue weighted by Gasteiger charge is -2.23. The van der Waals surface area contributed by atoms with Crippen molar-refractivity contribution in [3.8, 4) is 0 Å². The Kier molecular flexibility index (Phi) is 3.68. The molecule has 1 aromatic carbocycles. The number of esters is 1. The molecule has 1 aromatic rings. The zero-order valence-corrected chi connectivity index (χ0v) is 12.1. The number of anilines is 1. The number of para-hydroxylation sites is 1. The number of piperidine rings is 1. The molecule has 3 rings (SSSR count). The molecule has 1 aliphatic carbocycles. The molecular weight excluding hydrogens is 268 g/mol. The highest BCUT2D eigenvalue weighted by atomic mass is 16.5. The topological polar surface area (TPSA) is 67.4 Å². The maximum Gasteiger partial charge on any atom is 0.339 e. The summed E-state index contributed by atoms with van der Waals surface area (Å²) >= 11 is 0. The molecule has 1 heterocycles. The quantitative estimate of drug-likeness (QED) is 0.832. The van der Waals surface area contributed by atoms with Crippen LogP contribution in [0.3, 0.4) is 0 Å². The minimum absolute atomic E-state index is 0.0215. The molecule has 21 heavy (non-hydrogen) atoms. The number of benzene rings is 1. The molecule has 1 spiro atoms. The van der Waals surface area contributed by atoms with Gasteiger partial charge in [-0.1, -0.05) is 12.1 Å². The summed E-state index contributed by atoms with van der Waals surface area (Å²) in [4.78, 5) is 24.1. The third-order valence-corrected chi connectivity index (χ3v) is 4.70. The smallest absolute Gasteiger partial charge is 0.339 e. The minimum Gasteiger partial charge on any atom is -0.465 e. The van der Waals surface area contributed by atoms with E-state index >= 15 is 0 Å². The molecule has 112 valence electrons. The van der Waals surface area contributed by atoms with Crippen LogP contribution in [0.5, 0.6) is 0 Å². The number of hydrogen-bond acceptors (Lipinski definition) is 4. The Labute approximate surface area is 124 Å². The Bertz CT molecular complexity index is 564. The lowest BCUT2D eigenvalue weighted by atomic mass is 9.91. The van der Waals surface area contributed by atoms with Gasteiger partial charge in [-0.25, -0.2) is 4.79 Å². The summed E-state index contributed by atoms with van der Waals surface area (Å²) in [5.74, 6) is -0.336. The highest BCUT2D eigenvalue weighted by molar-refractivity contribution is 6.02. The van der Waals surface area contributed by atoms with Crippen LogP contribution in [0.1, 0.15) is 29.6 Å². The lowest BCUT2D eigenvalue weighted by Crippen LogP contribution is -2.31. The molecule has 0 bridgehead atoms. The fourth-order valence-electron chi connectivity index (χ4n) is 3.30. The first kappa shape index (κ1) is 14.1. The number of nitrogens with one attached hydrogen (secondary N) is 2. The van der Waals surface area contributed by atoms with Gasteiger partial charge in [-0.2, -0.15) is 0 Å². The van der Waals surface area contributed by atoms with Crippen LogP contribution < -0.4 is 10.6 Å². The van der Waals surface area contributed by atoms with Crippen molar-refractivity contribution in [3.63, 3.8) is 0 Å². The zero-order chi connectivity index (χ0) is 14.9. The third kappa shape index (κ3) is 2.65. The van der Waals surface area contributed by atoms with Gasteiger partial charge in [0, 0.05) is 5.92 Å². The SMILES string of the molecule is COC(=O)c1ccccc1NC(=O)C1CC12CCNCC2. The molecule has 2 aliphatic rings. The van der Waals surface area contributed by atoms with E-state index in [1.165, 1.54) is 7.11 Å². The minimum atomic E-state index is -0.432. The van der Waals surface area contributed by atoms with Crippen molar-refractivity contribution < 1.29 is 14.3 Å². The molecule has 0 radical (unpaired) electrons. The number of carbonyl (C=O) groups excluding carboxylic acids is 2. The summed E-state index contributed by atoms with van der Waals surface area (Å²) < 4.78 is 4.75. The van der Waals surface area contributed by atoms with Crippen LogP contribution in [0.4, 0.5) is 5.69 Å². The molecular formula is C16H20N2O3. The predicted molar refractivity (Wildman–Crippen MR) is 79.1 cm³/mol. The van der Waals surface area contributed by atoms with E-state index in [2.05, 4.69) is 10.6 Å². The second kappa shape index (κ2) is 5.48. The second-order valence-corrected chi connectivity index (χ2v) is 5.90. The highest BCUT2D eigenvalue weighted by Crippen LogP contribution is 2.58. The molecule has 1 unspecified atom stereocenters. The highest BCUT2D eigenvalue weighted by Gasteiger charge is 2.57. The van der Waals surface area contributed by atoms with Gasteiger partial charge in [0.2, 0.25) is 5.91 Å². The van der Waals surface area contributed by atoms with Crippen LogP contribution in [0.25, 0.3) is 0 Å². The molecule has 5 heteroatoms. The number of hydrogen-bond donors (Lipinski definition) is 2. The first-order valence-electron chi connectivity index (χ1n) is 7.35. The first-order chi connectivity index (χ1) is 10.2. The molecule has 0 aromatic heterocycles. The fourth-order valence-corrected chi connectivity index (χ4v) is 3.30. The monoisotopic (exact) mass is 288 g/mol. The van der Waals surface area contributed by atoms with E-state index in [-0.39, 0.29) is 17.2 Å². The Morgan fingerprint density at radius 1 is 1.29 bits per heavy atom. The Hall–Kier alpha value is -1.88. The number of methoxy groups -OCH3 is 1. The van der Waals surface area contributed by atoms with Crippen LogP contribution in [0.15, 0.2) is 24.3 Å². The molecule has 1 aliphatic heterocycles. The summed E-state index contributed by atoms with van der Waals surface area (Å²) in [5.41, 5.74) is 1.12. The second-order valence-electron chi connectivity index (χ2n) is 5.90. The standard InChI is InChI=1S/C16H20N2O3/c1-21-15(20)11-4-2-3-5-13(11)18-14(19)12-10-16(12)6-8-17-9-7-16/h2-5,12,17H,6-10H2,1H3,(H,18,19). The van der Waals surface area contributed by atoms with Gasteiger partial charge in [-0.05, 0) is 49.9 Å². The van der Waals surface area contributed by atoms with Crippen LogP contribution in [-0.4, -0.2) is 32.1 Å². The van der Waals surface area contributed by atoms with Gasteiger partial charge in [0.25, 0.3) is 0 Å². The first-order valence-corrected chi connectivity index (χ1v) is 7.35. The van der Waals surface area contributed by atoms with Gasteiger partial charge in [-0.15, -0.1) is 0 Å². The average molecular weight is 288 g/mol. The zero-order valence-electron chi connectivity index (χ0n) is 12.1. The van der Waals surface area contributed by atoms with Crippen LogP contribution >= 0.6 is 0 Å². The van der Waals surface area contributed by atoms with E-state index in [0.29, 0.717) is 11.3 Å². The fraction of sp³-hybridized carbons (Fsp3) is 0.500. The summed E-state index contributed by atoms with van der Waals surface area (Å²) in [6, 6.07) is 6.96. The lowest BCUT2D eigenvalue weighted by molar-refractivity contribution is -0.118. The van der Waals surface area contributed by atoms with Gasteiger partial charge < -0.3 is 15.4 Å². The number of carbonyl (C=O) groups is 2. The van der Waals surface area contributed by atoms with Crippen molar-refractivity contribution >= 4 is 17.6 Å². The molecule has 5 nitrogen and oxygen atoms in total. The van der Waals surface area contributed by atoms with Crippen LogP contribution in [-0.2, 0) is 9.53 Å². The van der Waals surface area contributed by atoms with E-state index in [4.69, 9.17) is 4.74 Å². The van der Waals surface area contributed by atoms with E-state index in [9.17, 15) is 9.59 Å². The number of amides is 1.